The van der Waals surface area contributed by atoms with Gasteiger partial charge in [-0.2, -0.15) is 0 Å². The summed E-state index contributed by atoms with van der Waals surface area (Å²) in [4.78, 5) is 19.6. The first kappa shape index (κ1) is 33.4. The Balaban J connectivity index is 1.13. The summed E-state index contributed by atoms with van der Waals surface area (Å²) >= 11 is 0. The fourth-order valence-corrected chi connectivity index (χ4v) is 7.77. The van der Waals surface area contributed by atoms with Crippen LogP contribution in [0, 0.1) is 0 Å². The molecule has 6 nitrogen and oxygen atoms in total. The molecule has 0 radical (unpaired) electrons. The molecule has 0 bridgehead atoms. The fourth-order valence-electron chi connectivity index (χ4n) is 7.77. The van der Waals surface area contributed by atoms with Crippen LogP contribution in [0.5, 0.6) is 11.5 Å². The highest BCUT2D eigenvalue weighted by Gasteiger charge is 2.21. The van der Waals surface area contributed by atoms with Crippen molar-refractivity contribution in [3.63, 3.8) is 0 Å². The third kappa shape index (κ3) is 6.01. The lowest BCUT2D eigenvalue weighted by Crippen LogP contribution is -1.98. The van der Waals surface area contributed by atoms with Crippen LogP contribution in [0.4, 0.5) is 0 Å². The summed E-state index contributed by atoms with van der Waals surface area (Å²) in [5.41, 5.74) is 12.8. The first-order valence-electron chi connectivity index (χ1n) is 19.2. The number of ether oxygens (including phenoxy) is 1. The maximum absolute atomic E-state index is 7.05. The second-order valence-corrected chi connectivity index (χ2v) is 14.3. The quantitative estimate of drug-likeness (QED) is 0.179. The maximum Gasteiger partial charge on any atom is 0.163 e. The van der Waals surface area contributed by atoms with Crippen molar-refractivity contribution in [2.24, 2.45) is 0 Å². The van der Waals surface area contributed by atoms with Gasteiger partial charge in [0.1, 0.15) is 22.7 Å². The zero-order valence-electron chi connectivity index (χ0n) is 31.1. The highest BCUT2D eigenvalue weighted by atomic mass is 16.5. The summed E-state index contributed by atoms with van der Waals surface area (Å²) in [6, 6.07) is 57.7. The summed E-state index contributed by atoms with van der Waals surface area (Å²) < 4.78 is 13.5. The van der Waals surface area contributed by atoms with Gasteiger partial charge in [0, 0.05) is 51.0 Å². The molecular formula is C52H32N4O2. The van der Waals surface area contributed by atoms with Crippen LogP contribution in [0.1, 0.15) is 11.1 Å². The van der Waals surface area contributed by atoms with E-state index in [1.54, 1.807) is 12.4 Å². The predicted molar refractivity (Wildman–Crippen MR) is 233 cm³/mol. The summed E-state index contributed by atoms with van der Waals surface area (Å²) in [5.74, 6) is 2.67. The molecule has 0 aliphatic carbocycles. The maximum atomic E-state index is 7.05. The number of rotatable bonds is 4. The van der Waals surface area contributed by atoms with Gasteiger partial charge in [0.15, 0.2) is 11.6 Å². The van der Waals surface area contributed by atoms with E-state index in [4.69, 9.17) is 29.1 Å². The van der Waals surface area contributed by atoms with Crippen LogP contribution in [-0.2, 0) is 0 Å². The van der Waals surface area contributed by atoms with Crippen molar-refractivity contribution in [1.82, 2.24) is 19.9 Å². The minimum absolute atomic E-state index is 0.535. The summed E-state index contributed by atoms with van der Waals surface area (Å²) in [7, 11) is 0. The number of hydrogen-bond donors (Lipinski definition) is 0. The second-order valence-electron chi connectivity index (χ2n) is 14.3. The lowest BCUT2D eigenvalue weighted by Gasteiger charge is -2.17. The first-order valence-corrected chi connectivity index (χ1v) is 19.2. The molecule has 0 saturated carbocycles. The summed E-state index contributed by atoms with van der Waals surface area (Å²) in [6.45, 7) is 0. The number of aromatic nitrogens is 4. The Labute approximate surface area is 334 Å². The van der Waals surface area contributed by atoms with E-state index in [0.29, 0.717) is 11.6 Å². The van der Waals surface area contributed by atoms with E-state index in [2.05, 4.69) is 97.1 Å². The molecule has 0 fully saturated rings. The second kappa shape index (κ2) is 14.0. The van der Waals surface area contributed by atoms with Crippen LogP contribution in [-0.4, -0.2) is 19.9 Å². The van der Waals surface area contributed by atoms with E-state index >= 15 is 0 Å². The van der Waals surface area contributed by atoms with E-state index in [1.165, 1.54) is 0 Å². The average molecular weight is 745 g/mol. The zero-order valence-corrected chi connectivity index (χ0v) is 31.1. The molecule has 10 aromatic rings. The standard InChI is InChI=1S/C52H32N4O2/c1-3-14-35(15-4-1)45-30-46(56-52(55-45)38-31-53-51(54-32-38)36-16-5-2-6-17-36)37-26-25-34-24-23-33-13-7-8-18-39(33)40-19-9-11-21-47(40)57-50-28-43-41-20-10-12-22-48(41)58-49(43)29-44(50)42(34)27-37/h1-32H. The van der Waals surface area contributed by atoms with Crippen LogP contribution in [0.3, 0.4) is 0 Å². The van der Waals surface area contributed by atoms with Crippen LogP contribution in [0.2, 0.25) is 0 Å². The zero-order chi connectivity index (χ0) is 38.4. The van der Waals surface area contributed by atoms with Gasteiger partial charge in [-0.05, 0) is 58.7 Å². The van der Waals surface area contributed by atoms with Gasteiger partial charge in [0.05, 0.1) is 17.0 Å². The van der Waals surface area contributed by atoms with Crippen LogP contribution < -0.4 is 4.74 Å². The Morgan fingerprint density at radius 2 is 1.02 bits per heavy atom. The Morgan fingerprint density at radius 3 is 1.83 bits per heavy atom. The normalized spacial score (nSPS) is 11.9. The molecule has 1 aliphatic heterocycles. The van der Waals surface area contributed by atoms with Crippen LogP contribution >= 0.6 is 0 Å². The monoisotopic (exact) mass is 744 g/mol. The molecule has 6 heteroatoms. The topological polar surface area (TPSA) is 73.9 Å². The Hall–Kier alpha value is -7.96. The number of nitrogens with zero attached hydrogens (tertiary/aromatic N) is 4. The average Bonchev–Trinajstić information content (AvgIpc) is 3.65. The number of fused-ring (bicyclic) bond motifs is 9. The molecule has 0 atom stereocenters. The molecular weight excluding hydrogens is 713 g/mol. The van der Waals surface area contributed by atoms with Gasteiger partial charge >= 0.3 is 0 Å². The molecule has 58 heavy (non-hydrogen) atoms. The molecule has 7 aromatic carbocycles. The van der Waals surface area contributed by atoms with Gasteiger partial charge in [-0.1, -0.05) is 146 Å². The van der Waals surface area contributed by atoms with Crippen molar-refractivity contribution in [2.45, 2.75) is 0 Å². The molecule has 4 heterocycles. The Bertz CT molecular complexity index is 3190. The van der Waals surface area contributed by atoms with Crippen molar-refractivity contribution in [2.75, 3.05) is 0 Å². The largest absolute Gasteiger partial charge is 0.456 e. The van der Waals surface area contributed by atoms with Crippen LogP contribution in [0.15, 0.2) is 187 Å². The van der Waals surface area contributed by atoms with E-state index in [0.717, 1.165) is 100 Å². The summed E-state index contributed by atoms with van der Waals surface area (Å²) in [5, 5.41) is 2.03. The van der Waals surface area contributed by atoms with E-state index < -0.39 is 0 Å². The molecule has 3 aromatic heterocycles. The van der Waals surface area contributed by atoms with Gasteiger partial charge in [0.25, 0.3) is 0 Å². The number of benzene rings is 7. The lowest BCUT2D eigenvalue weighted by molar-refractivity contribution is 0.487. The molecule has 0 spiro atoms. The van der Waals surface area contributed by atoms with Crippen molar-refractivity contribution in [3.05, 3.63) is 193 Å². The predicted octanol–water partition coefficient (Wildman–Crippen LogP) is 13.4. The molecule has 0 unspecified atom stereocenters. The molecule has 0 amide bonds. The molecule has 0 saturated heterocycles. The highest BCUT2D eigenvalue weighted by Crippen LogP contribution is 2.46. The van der Waals surface area contributed by atoms with Crippen LogP contribution in [0.25, 0.3) is 102 Å². The van der Waals surface area contributed by atoms with Gasteiger partial charge in [-0.15, -0.1) is 0 Å². The van der Waals surface area contributed by atoms with Gasteiger partial charge in [-0.25, -0.2) is 19.9 Å². The Kier molecular flexibility index (Phi) is 8.04. The van der Waals surface area contributed by atoms with Crippen molar-refractivity contribution < 1.29 is 9.15 Å². The molecule has 1 aliphatic rings. The first-order chi connectivity index (χ1) is 28.7. The van der Waals surface area contributed by atoms with Crippen molar-refractivity contribution >= 4 is 34.1 Å². The highest BCUT2D eigenvalue weighted by molar-refractivity contribution is 6.07. The minimum Gasteiger partial charge on any atom is -0.456 e. The number of furan rings is 1. The summed E-state index contributed by atoms with van der Waals surface area (Å²) in [6.07, 6.45) is 7.97. The van der Waals surface area contributed by atoms with Gasteiger partial charge in [0.2, 0.25) is 0 Å². The Morgan fingerprint density at radius 1 is 0.362 bits per heavy atom. The lowest BCUT2D eigenvalue weighted by atomic mass is 9.93. The van der Waals surface area contributed by atoms with Crippen molar-refractivity contribution in [1.29, 1.82) is 0 Å². The third-order valence-electron chi connectivity index (χ3n) is 10.7. The molecule has 272 valence electrons. The van der Waals surface area contributed by atoms with Crippen molar-refractivity contribution in [3.8, 4) is 79.0 Å². The number of para-hydroxylation sites is 2. The smallest absolute Gasteiger partial charge is 0.163 e. The molecule has 11 rings (SSSR count). The number of hydrogen-bond acceptors (Lipinski definition) is 6. The van der Waals surface area contributed by atoms with E-state index in [1.807, 2.05) is 84.9 Å². The van der Waals surface area contributed by atoms with Gasteiger partial charge < -0.3 is 9.15 Å². The third-order valence-corrected chi connectivity index (χ3v) is 10.7. The minimum atomic E-state index is 0.535. The van der Waals surface area contributed by atoms with Gasteiger partial charge in [-0.3, -0.25) is 0 Å². The fraction of sp³-hybridized carbons (Fsp3) is 0. The van der Waals surface area contributed by atoms with E-state index in [-0.39, 0.29) is 0 Å². The van der Waals surface area contributed by atoms with E-state index in [9.17, 15) is 0 Å². The molecule has 0 N–H and O–H groups in total. The SMILES string of the molecule is C1=Cc2ccc(-c3cc(-c4ccccc4)nc(-c4cnc(-c5ccccc5)nc4)n3)cc2-c2cc3oc4ccccc4c3cc2Oc2ccccc2-c2ccccc21.